The van der Waals surface area contributed by atoms with Crippen molar-refractivity contribution in [1.82, 2.24) is 0 Å². The maximum absolute atomic E-state index is 11.7. The molecular formula is C21H22O4. The van der Waals surface area contributed by atoms with Crippen molar-refractivity contribution < 1.29 is 19.7 Å². The second kappa shape index (κ2) is 8.20. The van der Waals surface area contributed by atoms with Crippen LogP contribution in [0, 0.1) is 0 Å². The molecule has 4 nitrogen and oxygen atoms in total. The van der Waals surface area contributed by atoms with E-state index in [4.69, 9.17) is 4.74 Å². The first-order valence-electron chi connectivity index (χ1n) is 7.96. The Morgan fingerprint density at radius 2 is 1.84 bits per heavy atom. The third-order valence-corrected chi connectivity index (χ3v) is 3.81. The summed E-state index contributed by atoms with van der Waals surface area (Å²) >= 11 is 0. The number of carbonyl (C=O) groups is 1. The number of aromatic carboxylic acids is 1. The first-order chi connectivity index (χ1) is 11.9. The zero-order valence-corrected chi connectivity index (χ0v) is 14.6. The van der Waals surface area contributed by atoms with Crippen molar-refractivity contribution >= 4 is 18.1 Å². The van der Waals surface area contributed by atoms with E-state index < -0.39 is 5.97 Å². The van der Waals surface area contributed by atoms with Crippen molar-refractivity contribution in [3.63, 3.8) is 0 Å². The van der Waals surface area contributed by atoms with Crippen LogP contribution >= 0.6 is 0 Å². The van der Waals surface area contributed by atoms with E-state index in [0.717, 1.165) is 16.7 Å². The van der Waals surface area contributed by atoms with E-state index >= 15 is 0 Å². The molecule has 0 saturated heterocycles. The average molecular weight is 338 g/mol. The molecule has 2 rings (SSSR count). The molecule has 2 aromatic carbocycles. The Morgan fingerprint density at radius 3 is 2.40 bits per heavy atom. The van der Waals surface area contributed by atoms with Gasteiger partial charge in [-0.3, -0.25) is 0 Å². The van der Waals surface area contributed by atoms with Crippen LogP contribution in [0.3, 0.4) is 0 Å². The maximum atomic E-state index is 11.7. The Labute approximate surface area is 147 Å². The van der Waals surface area contributed by atoms with Crippen LogP contribution < -0.4 is 4.74 Å². The average Bonchev–Trinajstić information content (AvgIpc) is 2.58. The van der Waals surface area contributed by atoms with Crippen LogP contribution in [-0.2, 0) is 6.42 Å². The Hall–Kier alpha value is -3.01. The first-order valence-corrected chi connectivity index (χ1v) is 7.96. The fourth-order valence-electron chi connectivity index (χ4n) is 2.56. The molecule has 0 aliphatic rings. The molecule has 0 aliphatic heterocycles. The topological polar surface area (TPSA) is 66.8 Å². The van der Waals surface area contributed by atoms with E-state index in [2.05, 4.69) is 0 Å². The molecular weight excluding hydrogens is 316 g/mol. The van der Waals surface area contributed by atoms with Crippen molar-refractivity contribution in [2.45, 2.75) is 20.3 Å². The standard InChI is InChI=1S/C21H22O4/c1-14(2)9-11-16-17(12-10-15-7-5-4-6-8-15)20(21(23)24)18(22)13-19(16)25-3/h4-10,12-13,22H,11H2,1-3H3,(H,23,24). The minimum Gasteiger partial charge on any atom is -0.507 e. The molecule has 0 amide bonds. The number of rotatable bonds is 6. The summed E-state index contributed by atoms with van der Waals surface area (Å²) in [6, 6.07) is 10.9. The number of phenols is 1. The molecule has 0 atom stereocenters. The molecule has 0 aromatic heterocycles. The van der Waals surface area contributed by atoms with Gasteiger partial charge in [-0.25, -0.2) is 4.79 Å². The van der Waals surface area contributed by atoms with Crippen LogP contribution in [0.4, 0.5) is 0 Å². The second-order valence-corrected chi connectivity index (χ2v) is 5.90. The van der Waals surface area contributed by atoms with Crippen LogP contribution in [0.5, 0.6) is 11.5 Å². The number of benzene rings is 2. The highest BCUT2D eigenvalue weighted by Crippen LogP contribution is 2.35. The third-order valence-electron chi connectivity index (χ3n) is 3.81. The summed E-state index contributed by atoms with van der Waals surface area (Å²) in [4.78, 5) is 11.7. The fraction of sp³-hybridized carbons (Fsp3) is 0.190. The Morgan fingerprint density at radius 1 is 1.16 bits per heavy atom. The number of carboxylic acid groups (broad SMARTS) is 1. The van der Waals surface area contributed by atoms with Gasteiger partial charge < -0.3 is 14.9 Å². The quantitative estimate of drug-likeness (QED) is 0.588. The molecule has 25 heavy (non-hydrogen) atoms. The van der Waals surface area contributed by atoms with Gasteiger partial charge in [0.15, 0.2) is 0 Å². The predicted octanol–water partition coefficient (Wildman–Crippen LogP) is 4.78. The lowest BCUT2D eigenvalue weighted by atomic mass is 9.95. The highest BCUT2D eigenvalue weighted by Gasteiger charge is 2.21. The van der Waals surface area contributed by atoms with Crippen molar-refractivity contribution in [2.24, 2.45) is 0 Å². The van der Waals surface area contributed by atoms with Crippen LogP contribution in [0.1, 0.15) is 40.9 Å². The largest absolute Gasteiger partial charge is 0.507 e. The molecule has 0 fully saturated rings. The van der Waals surface area contributed by atoms with Gasteiger partial charge in [-0.2, -0.15) is 0 Å². The Balaban J connectivity index is 2.66. The zero-order chi connectivity index (χ0) is 18.4. The monoisotopic (exact) mass is 338 g/mol. The number of hydrogen-bond acceptors (Lipinski definition) is 3. The number of carboxylic acids is 1. The van der Waals surface area contributed by atoms with Crippen LogP contribution in [0.2, 0.25) is 0 Å². The Bertz CT molecular complexity index is 814. The smallest absolute Gasteiger partial charge is 0.340 e. The number of allylic oxidation sites excluding steroid dienone is 2. The maximum Gasteiger partial charge on any atom is 0.340 e. The van der Waals surface area contributed by atoms with Gasteiger partial charge in [-0.15, -0.1) is 0 Å². The number of ether oxygens (including phenoxy) is 1. The molecule has 0 bridgehead atoms. The molecule has 2 aromatic rings. The minimum absolute atomic E-state index is 0.120. The first kappa shape index (κ1) is 18.3. The van der Waals surface area contributed by atoms with Crippen molar-refractivity contribution in [2.75, 3.05) is 7.11 Å². The molecule has 0 heterocycles. The van der Waals surface area contributed by atoms with Gasteiger partial charge in [0.05, 0.1) is 7.11 Å². The number of aromatic hydroxyl groups is 1. The molecule has 4 heteroatoms. The summed E-state index contributed by atoms with van der Waals surface area (Å²) in [6.45, 7) is 3.95. The van der Waals surface area contributed by atoms with Crippen molar-refractivity contribution in [1.29, 1.82) is 0 Å². The lowest BCUT2D eigenvalue weighted by Crippen LogP contribution is -2.05. The molecule has 0 spiro atoms. The van der Waals surface area contributed by atoms with Gasteiger partial charge in [0.25, 0.3) is 0 Å². The molecule has 130 valence electrons. The van der Waals surface area contributed by atoms with Crippen LogP contribution in [0.15, 0.2) is 48.0 Å². The summed E-state index contributed by atoms with van der Waals surface area (Å²) in [6.07, 6.45) is 6.06. The molecule has 0 unspecified atom stereocenters. The van der Waals surface area contributed by atoms with Crippen molar-refractivity contribution in [3.05, 3.63) is 70.3 Å². The highest BCUT2D eigenvalue weighted by molar-refractivity contribution is 5.97. The summed E-state index contributed by atoms with van der Waals surface area (Å²) in [5.74, 6) is -1.02. The van der Waals surface area contributed by atoms with Gasteiger partial charge in [-0.05, 0) is 31.4 Å². The highest BCUT2D eigenvalue weighted by atomic mass is 16.5. The van der Waals surface area contributed by atoms with E-state index in [1.54, 1.807) is 6.08 Å². The molecule has 0 aliphatic carbocycles. The molecule has 0 saturated carbocycles. The van der Waals surface area contributed by atoms with Gasteiger partial charge in [0, 0.05) is 11.6 Å². The second-order valence-electron chi connectivity index (χ2n) is 5.90. The summed E-state index contributed by atoms with van der Waals surface area (Å²) in [5.41, 5.74) is 3.11. The number of methoxy groups -OCH3 is 1. The lowest BCUT2D eigenvalue weighted by Gasteiger charge is -2.15. The van der Waals surface area contributed by atoms with Gasteiger partial charge in [0.1, 0.15) is 17.1 Å². The third kappa shape index (κ3) is 4.51. The summed E-state index contributed by atoms with van der Waals surface area (Å²) in [5, 5.41) is 19.7. The van der Waals surface area contributed by atoms with Gasteiger partial charge >= 0.3 is 5.97 Å². The Kier molecular flexibility index (Phi) is 6.01. The van der Waals surface area contributed by atoms with E-state index in [1.807, 2.05) is 56.3 Å². The van der Waals surface area contributed by atoms with E-state index in [1.165, 1.54) is 13.2 Å². The van der Waals surface area contributed by atoms with Gasteiger partial charge in [0.2, 0.25) is 0 Å². The van der Waals surface area contributed by atoms with Gasteiger partial charge in [-0.1, -0.05) is 54.1 Å². The summed E-state index contributed by atoms with van der Waals surface area (Å²) in [7, 11) is 1.51. The SMILES string of the molecule is COc1cc(O)c(C(=O)O)c(C=Cc2ccccc2)c1CC=C(C)C. The zero-order valence-electron chi connectivity index (χ0n) is 14.6. The van der Waals surface area contributed by atoms with E-state index in [9.17, 15) is 15.0 Å². The number of hydrogen-bond donors (Lipinski definition) is 2. The predicted molar refractivity (Wildman–Crippen MR) is 100 cm³/mol. The minimum atomic E-state index is -1.17. The lowest BCUT2D eigenvalue weighted by molar-refractivity contribution is 0.0693. The fourth-order valence-corrected chi connectivity index (χ4v) is 2.56. The van der Waals surface area contributed by atoms with Crippen LogP contribution in [0.25, 0.3) is 12.2 Å². The van der Waals surface area contributed by atoms with Crippen LogP contribution in [-0.4, -0.2) is 23.3 Å². The van der Waals surface area contributed by atoms with E-state index in [0.29, 0.717) is 17.7 Å². The normalized spacial score (nSPS) is 10.7. The molecule has 2 N–H and O–H groups in total. The van der Waals surface area contributed by atoms with E-state index in [-0.39, 0.29) is 11.3 Å². The molecule has 0 radical (unpaired) electrons. The van der Waals surface area contributed by atoms with Crippen molar-refractivity contribution in [3.8, 4) is 11.5 Å². The summed E-state index contributed by atoms with van der Waals surface area (Å²) < 4.78 is 5.37.